The van der Waals surface area contributed by atoms with E-state index in [-0.39, 0.29) is 5.82 Å². The molecule has 1 unspecified atom stereocenters. The van der Waals surface area contributed by atoms with Crippen LogP contribution < -0.4 is 5.73 Å². The molecule has 0 aliphatic carbocycles. The Hall–Kier alpha value is -1.65. The molecule has 0 saturated heterocycles. The lowest BCUT2D eigenvalue weighted by molar-refractivity contribution is 0.510. The molecule has 0 amide bonds. The molecule has 0 aliphatic rings. The number of halogens is 2. The molecule has 1 heterocycles. The summed E-state index contributed by atoms with van der Waals surface area (Å²) in [6, 6.07) is 11.9. The van der Waals surface area contributed by atoms with Crippen LogP contribution in [0, 0.1) is 12.7 Å². The van der Waals surface area contributed by atoms with Crippen LogP contribution >= 0.6 is 15.9 Å². The van der Waals surface area contributed by atoms with Crippen molar-refractivity contribution in [3.05, 3.63) is 69.6 Å². The van der Waals surface area contributed by atoms with Crippen molar-refractivity contribution in [2.45, 2.75) is 13.0 Å². The van der Waals surface area contributed by atoms with Gasteiger partial charge in [-0.25, -0.2) is 4.39 Å². The first-order valence-corrected chi connectivity index (χ1v) is 7.04. The van der Waals surface area contributed by atoms with Gasteiger partial charge in [-0.05, 0) is 43.3 Å². The molecule has 20 heavy (non-hydrogen) atoms. The lowest BCUT2D eigenvalue weighted by Gasteiger charge is -2.10. The van der Waals surface area contributed by atoms with Gasteiger partial charge >= 0.3 is 0 Å². The van der Waals surface area contributed by atoms with Crippen molar-refractivity contribution in [3.8, 4) is 0 Å². The van der Waals surface area contributed by atoms with Gasteiger partial charge in [-0.15, -0.1) is 0 Å². The van der Waals surface area contributed by atoms with E-state index in [0.29, 0.717) is 11.3 Å². The van der Waals surface area contributed by atoms with Crippen LogP contribution in [-0.2, 0) is 0 Å². The van der Waals surface area contributed by atoms with Crippen LogP contribution in [0.1, 0.15) is 22.9 Å². The maximum absolute atomic E-state index is 13.9. The maximum Gasteiger partial charge on any atom is 0.134 e. The molecule has 0 saturated carbocycles. The van der Waals surface area contributed by atoms with Crippen LogP contribution in [0.15, 0.2) is 51.4 Å². The monoisotopic (exact) mass is 333 g/mol. The molecular weight excluding hydrogens is 321 g/mol. The van der Waals surface area contributed by atoms with Gasteiger partial charge in [0.05, 0.1) is 6.04 Å². The Morgan fingerprint density at radius 2 is 1.95 bits per heavy atom. The molecule has 1 aromatic heterocycles. The zero-order chi connectivity index (χ0) is 14.3. The SMILES string of the molecule is Cc1ccc2oc(C(N)c3cc(Br)ccc3F)cc2c1. The molecule has 0 fully saturated rings. The Bertz CT molecular complexity index is 781. The zero-order valence-corrected chi connectivity index (χ0v) is 12.4. The van der Waals surface area contributed by atoms with Crippen molar-refractivity contribution >= 4 is 26.9 Å². The predicted octanol–water partition coefficient (Wildman–Crippen LogP) is 4.69. The average molecular weight is 334 g/mol. The first kappa shape index (κ1) is 13.3. The smallest absolute Gasteiger partial charge is 0.134 e. The number of hydrogen-bond donors (Lipinski definition) is 1. The summed E-state index contributed by atoms with van der Waals surface area (Å²) in [6.07, 6.45) is 0. The normalized spacial score (nSPS) is 12.8. The second-order valence-corrected chi connectivity index (χ2v) is 5.75. The fourth-order valence-corrected chi connectivity index (χ4v) is 2.62. The molecule has 0 bridgehead atoms. The highest BCUT2D eigenvalue weighted by molar-refractivity contribution is 9.10. The molecule has 0 radical (unpaired) electrons. The molecule has 2 aromatic carbocycles. The quantitative estimate of drug-likeness (QED) is 0.738. The molecule has 3 aromatic rings. The first-order valence-electron chi connectivity index (χ1n) is 6.25. The van der Waals surface area contributed by atoms with E-state index in [2.05, 4.69) is 15.9 Å². The minimum atomic E-state index is -0.625. The van der Waals surface area contributed by atoms with Crippen LogP contribution in [0.5, 0.6) is 0 Å². The highest BCUT2D eigenvalue weighted by Gasteiger charge is 2.18. The number of aryl methyl sites for hydroxylation is 1. The van der Waals surface area contributed by atoms with Crippen LogP contribution in [0.25, 0.3) is 11.0 Å². The fraction of sp³-hybridized carbons (Fsp3) is 0.125. The van der Waals surface area contributed by atoms with Gasteiger partial charge in [0.25, 0.3) is 0 Å². The molecule has 4 heteroatoms. The molecule has 102 valence electrons. The third-order valence-electron chi connectivity index (χ3n) is 3.29. The number of hydrogen-bond acceptors (Lipinski definition) is 2. The van der Waals surface area contributed by atoms with Crippen LogP contribution in [-0.4, -0.2) is 0 Å². The second kappa shape index (κ2) is 5.04. The first-order chi connectivity index (χ1) is 9.54. The lowest BCUT2D eigenvalue weighted by Crippen LogP contribution is -2.12. The number of furan rings is 1. The molecule has 3 rings (SSSR count). The summed E-state index contributed by atoms with van der Waals surface area (Å²) >= 11 is 3.33. The summed E-state index contributed by atoms with van der Waals surface area (Å²) in [6.45, 7) is 2.01. The van der Waals surface area contributed by atoms with Crippen LogP contribution in [0.4, 0.5) is 4.39 Å². The number of nitrogens with two attached hydrogens (primary N) is 1. The summed E-state index contributed by atoms with van der Waals surface area (Å²) in [5, 5.41) is 0.978. The lowest BCUT2D eigenvalue weighted by atomic mass is 10.0. The molecule has 0 spiro atoms. The van der Waals surface area contributed by atoms with E-state index in [0.717, 1.165) is 21.0 Å². The predicted molar refractivity (Wildman–Crippen MR) is 81.1 cm³/mol. The largest absolute Gasteiger partial charge is 0.459 e. The molecular formula is C16H13BrFNO. The maximum atomic E-state index is 13.9. The van der Waals surface area contributed by atoms with Gasteiger partial charge in [-0.1, -0.05) is 27.6 Å². The molecule has 2 nitrogen and oxygen atoms in total. The third-order valence-corrected chi connectivity index (χ3v) is 3.78. The van der Waals surface area contributed by atoms with Crippen molar-refractivity contribution in [2.75, 3.05) is 0 Å². The summed E-state index contributed by atoms with van der Waals surface area (Å²) < 4.78 is 20.4. The van der Waals surface area contributed by atoms with Crippen molar-refractivity contribution in [1.29, 1.82) is 0 Å². The Morgan fingerprint density at radius 3 is 2.75 bits per heavy atom. The van der Waals surface area contributed by atoms with Gasteiger partial charge in [0, 0.05) is 15.4 Å². The van der Waals surface area contributed by atoms with Crippen molar-refractivity contribution in [2.24, 2.45) is 5.73 Å². The van der Waals surface area contributed by atoms with Gasteiger partial charge in [-0.2, -0.15) is 0 Å². The Labute approximate surface area is 124 Å². The average Bonchev–Trinajstić information content (AvgIpc) is 2.83. The van der Waals surface area contributed by atoms with Gasteiger partial charge in [0.1, 0.15) is 17.2 Å². The van der Waals surface area contributed by atoms with Crippen LogP contribution in [0.2, 0.25) is 0 Å². The van der Waals surface area contributed by atoms with Gasteiger partial charge in [0.15, 0.2) is 0 Å². The summed E-state index contributed by atoms with van der Waals surface area (Å²) in [7, 11) is 0. The number of rotatable bonds is 2. The van der Waals surface area contributed by atoms with Gasteiger partial charge in [-0.3, -0.25) is 0 Å². The van der Waals surface area contributed by atoms with Crippen molar-refractivity contribution in [3.63, 3.8) is 0 Å². The summed E-state index contributed by atoms with van der Waals surface area (Å²) in [5.41, 5.74) is 8.45. The summed E-state index contributed by atoms with van der Waals surface area (Å²) in [4.78, 5) is 0. The van der Waals surface area contributed by atoms with Crippen molar-refractivity contribution in [1.82, 2.24) is 0 Å². The Kier molecular flexibility index (Phi) is 3.36. The van der Waals surface area contributed by atoms with E-state index in [1.54, 1.807) is 12.1 Å². The van der Waals surface area contributed by atoms with E-state index < -0.39 is 6.04 Å². The van der Waals surface area contributed by atoms with E-state index in [9.17, 15) is 4.39 Å². The minimum absolute atomic E-state index is 0.336. The highest BCUT2D eigenvalue weighted by Crippen LogP contribution is 2.29. The number of fused-ring (bicyclic) bond motifs is 1. The summed E-state index contributed by atoms with van der Waals surface area (Å²) in [5.74, 6) is 0.222. The van der Waals surface area contributed by atoms with Crippen molar-refractivity contribution < 1.29 is 8.81 Å². The van der Waals surface area contributed by atoms with Crippen LogP contribution in [0.3, 0.4) is 0 Å². The van der Waals surface area contributed by atoms with E-state index in [1.807, 2.05) is 31.2 Å². The Morgan fingerprint density at radius 1 is 1.15 bits per heavy atom. The van der Waals surface area contributed by atoms with Gasteiger partial charge < -0.3 is 10.2 Å². The highest BCUT2D eigenvalue weighted by atomic mass is 79.9. The minimum Gasteiger partial charge on any atom is -0.459 e. The third kappa shape index (κ3) is 2.37. The van der Waals surface area contributed by atoms with E-state index in [4.69, 9.17) is 10.2 Å². The standard InChI is InChI=1S/C16H13BrFNO/c1-9-2-5-14-10(6-9)7-15(20-14)16(19)12-8-11(17)3-4-13(12)18/h2-8,16H,19H2,1H3. The van der Waals surface area contributed by atoms with E-state index in [1.165, 1.54) is 6.07 Å². The fourth-order valence-electron chi connectivity index (χ4n) is 2.24. The Balaban J connectivity index is 2.07. The molecule has 1 atom stereocenters. The molecule has 2 N–H and O–H groups in total. The van der Waals surface area contributed by atoms with E-state index >= 15 is 0 Å². The zero-order valence-electron chi connectivity index (χ0n) is 10.9. The second-order valence-electron chi connectivity index (χ2n) is 4.83. The topological polar surface area (TPSA) is 39.2 Å². The molecule has 0 aliphatic heterocycles. The van der Waals surface area contributed by atoms with Gasteiger partial charge in [0.2, 0.25) is 0 Å². The number of benzene rings is 2.